The first kappa shape index (κ1) is 22.7. The minimum atomic E-state index is -1.41. The maximum absolute atomic E-state index is 13.9. The van der Waals surface area contributed by atoms with Gasteiger partial charge >= 0.3 is 0 Å². The van der Waals surface area contributed by atoms with Crippen LogP contribution < -0.4 is 11.1 Å². The van der Waals surface area contributed by atoms with E-state index < -0.39 is 12.1 Å². The van der Waals surface area contributed by atoms with Crippen LogP contribution in [0, 0.1) is 5.92 Å². The number of hydrogen-bond donors (Lipinski definition) is 2. The number of hydrogen-bond acceptors (Lipinski definition) is 3. The molecule has 1 aromatic rings. The number of rotatable bonds is 9. The zero-order chi connectivity index (χ0) is 20.1. The molecule has 1 fully saturated rings. The van der Waals surface area contributed by atoms with Crippen molar-refractivity contribution in [3.8, 4) is 0 Å². The summed E-state index contributed by atoms with van der Waals surface area (Å²) >= 11 is 0. The van der Waals surface area contributed by atoms with Crippen LogP contribution in [0.4, 0.5) is 4.39 Å². The van der Waals surface area contributed by atoms with Gasteiger partial charge in [0.2, 0.25) is 5.91 Å². The van der Waals surface area contributed by atoms with Crippen molar-refractivity contribution in [1.29, 1.82) is 0 Å². The molecule has 1 saturated heterocycles. The molecule has 2 atom stereocenters. The number of likely N-dealkylation sites (tertiary alicyclic amines) is 1. The highest BCUT2D eigenvalue weighted by molar-refractivity contribution is 5.80. The fraction of sp³-hybridized carbons (Fsp3) is 0.500. The van der Waals surface area contributed by atoms with Crippen molar-refractivity contribution in [1.82, 2.24) is 10.2 Å². The molecule has 2 unspecified atom stereocenters. The Morgan fingerprint density at radius 2 is 1.96 bits per heavy atom. The van der Waals surface area contributed by atoms with E-state index in [4.69, 9.17) is 5.73 Å². The molecule has 1 aliphatic rings. The van der Waals surface area contributed by atoms with Gasteiger partial charge in [-0.2, -0.15) is 0 Å². The second-order valence-corrected chi connectivity index (χ2v) is 6.83. The Labute approximate surface area is 163 Å². The predicted octanol–water partition coefficient (Wildman–Crippen LogP) is 4.15. The molecule has 0 radical (unpaired) electrons. The average Bonchev–Trinajstić information content (AvgIpc) is 3.22. The summed E-state index contributed by atoms with van der Waals surface area (Å²) in [6.07, 6.45) is 4.69. The lowest BCUT2D eigenvalue weighted by Gasteiger charge is -2.25. The van der Waals surface area contributed by atoms with Crippen molar-refractivity contribution in [2.45, 2.75) is 51.7 Å². The smallest absolute Gasteiger partial charge is 0.229 e. The minimum absolute atomic E-state index is 0.0290. The molecule has 1 aliphatic heterocycles. The molecule has 1 aromatic carbocycles. The Balaban J connectivity index is 0.000000309. The Hall–Kier alpha value is -2.30. The van der Waals surface area contributed by atoms with Gasteiger partial charge in [0.05, 0.1) is 5.92 Å². The predicted molar refractivity (Wildman–Crippen MR) is 111 cm³/mol. The van der Waals surface area contributed by atoms with Crippen molar-refractivity contribution >= 4 is 5.91 Å². The van der Waals surface area contributed by atoms with Crippen LogP contribution in [0.2, 0.25) is 0 Å². The third-order valence-electron chi connectivity index (χ3n) is 4.60. The monoisotopic (exact) mass is 375 g/mol. The molecule has 150 valence electrons. The summed E-state index contributed by atoms with van der Waals surface area (Å²) in [5.41, 5.74) is 6.66. The standard InChI is InChI=1S/C13H23FN2O.C9H11N/c1-3-4-7-11(12(14)10(2)15)13(17)16-8-5-6-9-16;1-2-10-8-9-6-4-3-5-7-9/h11-12H,2-9,15H2,1H3;2-7,10H,1,8H2. The van der Waals surface area contributed by atoms with Crippen LogP contribution >= 0.6 is 0 Å². The molecule has 0 saturated carbocycles. The molecule has 0 bridgehead atoms. The van der Waals surface area contributed by atoms with Gasteiger partial charge in [-0.1, -0.05) is 63.3 Å². The third kappa shape index (κ3) is 8.29. The summed E-state index contributed by atoms with van der Waals surface area (Å²) in [7, 11) is 0. The second kappa shape index (κ2) is 13.0. The van der Waals surface area contributed by atoms with E-state index in [0.29, 0.717) is 6.42 Å². The number of nitrogens with two attached hydrogens (primary N) is 1. The van der Waals surface area contributed by atoms with Gasteiger partial charge in [-0.15, -0.1) is 0 Å². The minimum Gasteiger partial charge on any atom is -0.400 e. The summed E-state index contributed by atoms with van der Waals surface area (Å²) in [4.78, 5) is 13.9. The molecule has 0 aromatic heterocycles. The zero-order valence-electron chi connectivity index (χ0n) is 16.5. The van der Waals surface area contributed by atoms with Gasteiger partial charge in [0.25, 0.3) is 0 Å². The van der Waals surface area contributed by atoms with E-state index >= 15 is 0 Å². The van der Waals surface area contributed by atoms with Gasteiger partial charge in [-0.3, -0.25) is 4.79 Å². The van der Waals surface area contributed by atoms with Gasteiger partial charge in [0.15, 0.2) is 6.17 Å². The van der Waals surface area contributed by atoms with Gasteiger partial charge in [-0.25, -0.2) is 4.39 Å². The van der Waals surface area contributed by atoms with Gasteiger partial charge in [0, 0.05) is 25.3 Å². The van der Waals surface area contributed by atoms with E-state index in [9.17, 15) is 9.18 Å². The van der Waals surface area contributed by atoms with Crippen LogP contribution in [-0.2, 0) is 11.3 Å². The lowest BCUT2D eigenvalue weighted by Crippen LogP contribution is -2.39. The third-order valence-corrected chi connectivity index (χ3v) is 4.60. The maximum atomic E-state index is 13.9. The Bertz CT molecular complexity index is 570. The van der Waals surface area contributed by atoms with Crippen LogP contribution in [0.3, 0.4) is 0 Å². The Kier molecular flexibility index (Phi) is 10.9. The number of nitrogens with one attached hydrogen (secondary N) is 1. The van der Waals surface area contributed by atoms with E-state index in [1.54, 1.807) is 11.1 Å². The molecule has 5 heteroatoms. The largest absolute Gasteiger partial charge is 0.400 e. The number of amides is 1. The maximum Gasteiger partial charge on any atom is 0.229 e. The van der Waals surface area contributed by atoms with Crippen LogP contribution in [0.15, 0.2) is 55.4 Å². The molecule has 4 nitrogen and oxygen atoms in total. The molecular formula is C22H34FN3O. The van der Waals surface area contributed by atoms with E-state index in [1.807, 2.05) is 25.1 Å². The van der Waals surface area contributed by atoms with Crippen molar-refractivity contribution in [2.75, 3.05) is 13.1 Å². The van der Waals surface area contributed by atoms with Crippen LogP contribution in [0.1, 0.15) is 44.6 Å². The van der Waals surface area contributed by atoms with E-state index in [-0.39, 0.29) is 11.6 Å². The van der Waals surface area contributed by atoms with E-state index in [1.165, 1.54) is 5.56 Å². The number of alkyl halides is 1. The number of nitrogens with zero attached hydrogens (tertiary/aromatic N) is 1. The summed E-state index contributed by atoms with van der Waals surface area (Å²) in [5, 5.41) is 3.03. The summed E-state index contributed by atoms with van der Waals surface area (Å²) in [5.74, 6) is -0.722. The van der Waals surface area contributed by atoms with Crippen LogP contribution in [-0.4, -0.2) is 30.1 Å². The fourth-order valence-corrected chi connectivity index (χ4v) is 3.04. The summed E-state index contributed by atoms with van der Waals surface area (Å²) in [6, 6.07) is 10.2. The number of allylic oxidation sites excluding steroid dienone is 1. The molecule has 0 spiro atoms. The molecule has 1 heterocycles. The van der Waals surface area contributed by atoms with Crippen LogP contribution in [0.25, 0.3) is 0 Å². The molecule has 3 N–H and O–H groups in total. The normalized spacial score (nSPS) is 15.3. The number of benzene rings is 1. The Morgan fingerprint density at radius 1 is 1.33 bits per heavy atom. The van der Waals surface area contributed by atoms with E-state index in [0.717, 1.165) is 45.3 Å². The van der Waals surface area contributed by atoms with Gasteiger partial charge < -0.3 is 16.0 Å². The van der Waals surface area contributed by atoms with Gasteiger partial charge in [0.1, 0.15) is 0 Å². The number of carbonyl (C=O) groups excluding carboxylic acids is 1. The number of unbranched alkanes of at least 4 members (excludes halogenated alkanes) is 1. The molecule has 2 rings (SSSR count). The lowest BCUT2D eigenvalue weighted by molar-refractivity contribution is -0.136. The Morgan fingerprint density at radius 3 is 2.48 bits per heavy atom. The topological polar surface area (TPSA) is 58.4 Å². The van der Waals surface area contributed by atoms with E-state index in [2.05, 4.69) is 30.6 Å². The van der Waals surface area contributed by atoms with Crippen molar-refractivity contribution < 1.29 is 9.18 Å². The molecular weight excluding hydrogens is 341 g/mol. The number of carbonyl (C=O) groups is 1. The molecule has 27 heavy (non-hydrogen) atoms. The summed E-state index contributed by atoms with van der Waals surface area (Å²) in [6.45, 7) is 11.4. The SMILES string of the molecule is C=C(N)C(F)C(CCCC)C(=O)N1CCCC1.C=CNCc1ccccc1. The molecule has 0 aliphatic carbocycles. The van der Waals surface area contributed by atoms with Gasteiger partial charge in [-0.05, 0) is 31.0 Å². The summed E-state index contributed by atoms with van der Waals surface area (Å²) < 4.78 is 13.9. The quantitative estimate of drug-likeness (QED) is 0.682. The van der Waals surface area contributed by atoms with Crippen molar-refractivity contribution in [2.24, 2.45) is 11.7 Å². The highest BCUT2D eigenvalue weighted by atomic mass is 19.1. The van der Waals surface area contributed by atoms with Crippen molar-refractivity contribution in [3.63, 3.8) is 0 Å². The fourth-order valence-electron chi connectivity index (χ4n) is 3.04. The highest BCUT2D eigenvalue weighted by Gasteiger charge is 2.33. The highest BCUT2D eigenvalue weighted by Crippen LogP contribution is 2.23. The first-order valence-electron chi connectivity index (χ1n) is 9.76. The van der Waals surface area contributed by atoms with Crippen LogP contribution in [0.5, 0.6) is 0 Å². The number of halogens is 1. The zero-order valence-corrected chi connectivity index (χ0v) is 16.5. The second-order valence-electron chi connectivity index (χ2n) is 6.83. The first-order chi connectivity index (χ1) is 13.0. The van der Waals surface area contributed by atoms with Crippen molar-refractivity contribution in [3.05, 3.63) is 61.0 Å². The first-order valence-corrected chi connectivity index (χ1v) is 9.76. The molecule has 1 amide bonds. The lowest BCUT2D eigenvalue weighted by atomic mass is 9.94. The average molecular weight is 376 g/mol.